The number of benzene rings is 3. The van der Waals surface area contributed by atoms with Crippen LogP contribution in [0.15, 0.2) is 72.9 Å². The molecule has 7 heteroatoms. The lowest BCUT2D eigenvalue weighted by Crippen LogP contribution is -2.06. The fraction of sp³-hybridized carbons (Fsp3) is 0.0833. The number of hydrogen-bond acceptors (Lipinski definition) is 2. The third-order valence-corrected chi connectivity index (χ3v) is 5.21. The Labute approximate surface area is 174 Å². The van der Waals surface area contributed by atoms with Crippen LogP contribution in [-0.2, 0) is 12.9 Å². The molecule has 0 aliphatic carbocycles. The smallest absolute Gasteiger partial charge is 0.338 e. The second kappa shape index (κ2) is 7.19. The summed E-state index contributed by atoms with van der Waals surface area (Å²) in [5, 5.41) is 2.15. The number of H-pyrrole nitrogens is 1. The minimum atomic E-state index is -4.63. The fourth-order valence-corrected chi connectivity index (χ4v) is 3.75. The molecular weight excluding hydrogens is 406 g/mol. The molecule has 31 heavy (non-hydrogen) atoms. The van der Waals surface area contributed by atoms with Crippen molar-refractivity contribution in [2.24, 2.45) is 0 Å². The van der Waals surface area contributed by atoms with E-state index in [1.807, 2.05) is 48.5 Å². The summed E-state index contributed by atoms with van der Waals surface area (Å²) in [5.74, 6) is 0.244. The number of imidazole rings is 1. The number of hydrogen-bond donors (Lipinski definition) is 1. The minimum Gasteiger partial charge on any atom is -0.338 e. The monoisotopic (exact) mass is 421 g/mol. The van der Waals surface area contributed by atoms with E-state index in [0.29, 0.717) is 5.56 Å². The standard InChI is InChI=1S/C24H15F4N3/c25-12-14-10-19(24(26,27)28)22-21(11-14)30-23(31-22)16-8-9-20(29-13-16)18-7-3-5-15-4-1-2-6-17(15)18/h1-11,13H,12H2,(H,30,31). The molecule has 0 radical (unpaired) electrons. The average Bonchev–Trinajstić information content (AvgIpc) is 3.21. The summed E-state index contributed by atoms with van der Waals surface area (Å²) in [7, 11) is 0. The van der Waals surface area contributed by atoms with Gasteiger partial charge in [-0.3, -0.25) is 4.98 Å². The van der Waals surface area contributed by atoms with Crippen molar-refractivity contribution in [3.8, 4) is 22.6 Å². The number of nitrogens with zero attached hydrogens (tertiary/aromatic N) is 2. The van der Waals surface area contributed by atoms with Crippen molar-refractivity contribution in [2.75, 3.05) is 0 Å². The third-order valence-electron chi connectivity index (χ3n) is 5.21. The first-order valence-electron chi connectivity index (χ1n) is 9.54. The lowest BCUT2D eigenvalue weighted by atomic mass is 10.0. The van der Waals surface area contributed by atoms with Crippen LogP contribution in [0.4, 0.5) is 17.6 Å². The van der Waals surface area contributed by atoms with E-state index in [1.165, 1.54) is 6.07 Å². The maximum atomic E-state index is 13.4. The van der Waals surface area contributed by atoms with Crippen LogP contribution in [0.2, 0.25) is 0 Å². The molecule has 0 fully saturated rings. The summed E-state index contributed by atoms with van der Waals surface area (Å²) < 4.78 is 53.3. The Morgan fingerprint density at radius 1 is 0.903 bits per heavy atom. The molecule has 0 saturated carbocycles. The highest BCUT2D eigenvalue weighted by atomic mass is 19.4. The molecule has 0 amide bonds. The summed E-state index contributed by atoms with van der Waals surface area (Å²) in [6.45, 7) is -0.991. The maximum Gasteiger partial charge on any atom is 0.418 e. The Morgan fingerprint density at radius 2 is 1.71 bits per heavy atom. The van der Waals surface area contributed by atoms with Gasteiger partial charge in [0.25, 0.3) is 0 Å². The first kappa shape index (κ1) is 19.2. The summed E-state index contributed by atoms with van der Waals surface area (Å²) in [5.41, 5.74) is 1.12. The molecule has 3 aromatic carbocycles. The molecule has 0 bridgehead atoms. The molecule has 0 unspecified atom stereocenters. The van der Waals surface area contributed by atoms with Crippen molar-refractivity contribution in [3.05, 3.63) is 84.1 Å². The van der Waals surface area contributed by atoms with Crippen molar-refractivity contribution in [2.45, 2.75) is 12.9 Å². The van der Waals surface area contributed by atoms with Gasteiger partial charge in [0.05, 0.1) is 16.8 Å². The Hall–Kier alpha value is -3.74. The van der Waals surface area contributed by atoms with E-state index in [9.17, 15) is 17.6 Å². The average molecular weight is 421 g/mol. The largest absolute Gasteiger partial charge is 0.418 e. The fourth-order valence-electron chi connectivity index (χ4n) is 3.75. The molecule has 5 aromatic rings. The number of rotatable bonds is 3. The summed E-state index contributed by atoms with van der Waals surface area (Å²) in [6.07, 6.45) is -3.06. The predicted molar refractivity (Wildman–Crippen MR) is 112 cm³/mol. The predicted octanol–water partition coefficient (Wildman–Crippen LogP) is 6.93. The molecule has 0 aliphatic rings. The first-order chi connectivity index (χ1) is 14.9. The van der Waals surface area contributed by atoms with Crippen LogP contribution in [0, 0.1) is 0 Å². The quantitative estimate of drug-likeness (QED) is 0.321. The zero-order valence-corrected chi connectivity index (χ0v) is 16.0. The van der Waals surface area contributed by atoms with Crippen molar-refractivity contribution in [1.29, 1.82) is 0 Å². The Balaban J connectivity index is 1.58. The topological polar surface area (TPSA) is 41.6 Å². The van der Waals surface area contributed by atoms with Gasteiger partial charge in [0, 0.05) is 17.3 Å². The zero-order valence-electron chi connectivity index (χ0n) is 16.0. The number of alkyl halides is 4. The van der Waals surface area contributed by atoms with E-state index in [-0.39, 0.29) is 22.4 Å². The van der Waals surface area contributed by atoms with E-state index in [0.717, 1.165) is 28.1 Å². The van der Waals surface area contributed by atoms with Crippen molar-refractivity contribution in [1.82, 2.24) is 15.0 Å². The van der Waals surface area contributed by atoms with Crippen LogP contribution in [0.5, 0.6) is 0 Å². The highest BCUT2D eigenvalue weighted by Gasteiger charge is 2.34. The summed E-state index contributed by atoms with van der Waals surface area (Å²) >= 11 is 0. The second-order valence-electron chi connectivity index (χ2n) is 7.22. The Morgan fingerprint density at radius 3 is 2.45 bits per heavy atom. The van der Waals surface area contributed by atoms with Gasteiger partial charge in [-0.15, -0.1) is 0 Å². The highest BCUT2D eigenvalue weighted by Crippen LogP contribution is 2.36. The molecule has 0 atom stereocenters. The lowest BCUT2D eigenvalue weighted by molar-refractivity contribution is -0.136. The lowest BCUT2D eigenvalue weighted by Gasteiger charge is -2.08. The van der Waals surface area contributed by atoms with Gasteiger partial charge in [0.15, 0.2) is 0 Å². The van der Waals surface area contributed by atoms with Crippen LogP contribution < -0.4 is 0 Å². The molecular formula is C24H15F4N3. The number of pyridine rings is 1. The van der Waals surface area contributed by atoms with E-state index in [1.54, 1.807) is 12.3 Å². The first-order valence-corrected chi connectivity index (χ1v) is 9.54. The molecule has 2 aromatic heterocycles. The van der Waals surface area contributed by atoms with E-state index >= 15 is 0 Å². The zero-order chi connectivity index (χ0) is 21.6. The van der Waals surface area contributed by atoms with Crippen LogP contribution in [0.3, 0.4) is 0 Å². The molecule has 0 aliphatic heterocycles. The molecule has 2 heterocycles. The van der Waals surface area contributed by atoms with Gasteiger partial charge in [0.2, 0.25) is 0 Å². The van der Waals surface area contributed by atoms with Crippen LogP contribution in [0.25, 0.3) is 44.5 Å². The van der Waals surface area contributed by atoms with E-state index in [2.05, 4.69) is 15.0 Å². The molecule has 154 valence electrons. The number of halogens is 4. The van der Waals surface area contributed by atoms with E-state index in [4.69, 9.17) is 0 Å². The summed E-state index contributed by atoms with van der Waals surface area (Å²) in [4.78, 5) is 11.5. The van der Waals surface area contributed by atoms with Gasteiger partial charge in [-0.2, -0.15) is 13.2 Å². The molecule has 0 saturated heterocycles. The van der Waals surface area contributed by atoms with Crippen LogP contribution in [-0.4, -0.2) is 15.0 Å². The Kier molecular flexibility index (Phi) is 4.46. The van der Waals surface area contributed by atoms with Gasteiger partial charge < -0.3 is 4.98 Å². The SMILES string of the molecule is FCc1cc(C(F)(F)F)c2nc(-c3ccc(-c4cccc5ccccc45)nc3)[nH]c2c1. The van der Waals surface area contributed by atoms with Crippen molar-refractivity contribution >= 4 is 21.8 Å². The van der Waals surface area contributed by atoms with Crippen LogP contribution in [0.1, 0.15) is 11.1 Å². The van der Waals surface area contributed by atoms with Gasteiger partial charge in [-0.25, -0.2) is 9.37 Å². The van der Waals surface area contributed by atoms with Crippen LogP contribution >= 0.6 is 0 Å². The van der Waals surface area contributed by atoms with Gasteiger partial charge in [-0.05, 0) is 40.6 Å². The normalized spacial score (nSPS) is 12.0. The van der Waals surface area contributed by atoms with Crippen molar-refractivity contribution in [3.63, 3.8) is 0 Å². The summed E-state index contributed by atoms with van der Waals surface area (Å²) in [6, 6.07) is 19.6. The maximum absolute atomic E-state index is 13.4. The van der Waals surface area contributed by atoms with Gasteiger partial charge >= 0.3 is 6.18 Å². The molecule has 0 spiro atoms. The molecule has 3 nitrogen and oxygen atoms in total. The number of aromatic amines is 1. The van der Waals surface area contributed by atoms with Gasteiger partial charge in [-0.1, -0.05) is 42.5 Å². The number of nitrogens with one attached hydrogen (secondary N) is 1. The molecule has 1 N–H and O–H groups in total. The Bertz CT molecular complexity index is 1400. The third kappa shape index (κ3) is 3.42. The number of aromatic nitrogens is 3. The van der Waals surface area contributed by atoms with Gasteiger partial charge in [0.1, 0.15) is 18.0 Å². The number of fused-ring (bicyclic) bond motifs is 2. The second-order valence-corrected chi connectivity index (χ2v) is 7.22. The molecule has 5 rings (SSSR count). The van der Waals surface area contributed by atoms with E-state index < -0.39 is 18.4 Å². The minimum absolute atomic E-state index is 0.0561. The van der Waals surface area contributed by atoms with Crippen molar-refractivity contribution < 1.29 is 17.6 Å². The highest BCUT2D eigenvalue weighted by molar-refractivity contribution is 5.95.